The van der Waals surface area contributed by atoms with Gasteiger partial charge in [-0.2, -0.15) is 0 Å². The molecule has 1 aromatic rings. The third-order valence-corrected chi connectivity index (χ3v) is 6.37. The van der Waals surface area contributed by atoms with Crippen LogP contribution in [0.5, 0.6) is 0 Å². The first-order chi connectivity index (χ1) is 9.77. The molecule has 2 aliphatic heterocycles. The number of aromatic nitrogens is 1. The molecule has 0 aromatic carbocycles. The van der Waals surface area contributed by atoms with Crippen molar-refractivity contribution in [1.29, 1.82) is 0 Å². The van der Waals surface area contributed by atoms with Gasteiger partial charge in [-0.15, -0.1) is 11.3 Å². The van der Waals surface area contributed by atoms with Gasteiger partial charge in [-0.3, -0.25) is 4.79 Å². The van der Waals surface area contributed by atoms with Gasteiger partial charge in [0.2, 0.25) is 15.9 Å². The van der Waals surface area contributed by atoms with Gasteiger partial charge < -0.3 is 4.90 Å². The van der Waals surface area contributed by atoms with Crippen LogP contribution in [0.1, 0.15) is 23.5 Å². The van der Waals surface area contributed by atoms with Crippen LogP contribution in [-0.2, 0) is 21.4 Å². The lowest BCUT2D eigenvalue weighted by Crippen LogP contribution is -2.33. The van der Waals surface area contributed by atoms with Gasteiger partial charge in [0, 0.05) is 36.9 Å². The maximum absolute atomic E-state index is 12.2. The highest BCUT2D eigenvalue weighted by Crippen LogP contribution is 2.41. The Kier molecular flexibility index (Phi) is 3.58. The van der Waals surface area contributed by atoms with E-state index in [4.69, 9.17) is 0 Å². The highest BCUT2D eigenvalue weighted by Gasteiger charge is 2.49. The van der Waals surface area contributed by atoms with Gasteiger partial charge in [0.1, 0.15) is 0 Å². The van der Waals surface area contributed by atoms with Gasteiger partial charge >= 0.3 is 0 Å². The molecule has 0 N–H and O–H groups in total. The Balaban J connectivity index is 1.70. The quantitative estimate of drug-likeness (QED) is 0.824. The fraction of sp³-hybridized carbons (Fsp3) is 0.692. The minimum atomic E-state index is -3.16. The van der Waals surface area contributed by atoms with Crippen molar-refractivity contribution in [2.75, 3.05) is 25.9 Å². The number of hydrogen-bond donors (Lipinski definition) is 0. The van der Waals surface area contributed by atoms with E-state index in [0.717, 1.165) is 17.1 Å². The number of aryl methyl sites for hydroxylation is 1. The number of sulfonamides is 1. The number of rotatable bonds is 3. The van der Waals surface area contributed by atoms with Crippen LogP contribution in [0, 0.1) is 12.3 Å². The molecule has 2 aliphatic rings. The van der Waals surface area contributed by atoms with Crippen LogP contribution >= 0.6 is 11.3 Å². The minimum Gasteiger partial charge on any atom is -0.336 e. The first kappa shape index (κ1) is 14.9. The second kappa shape index (κ2) is 5.03. The number of nitrogens with zero attached hydrogens (tertiary/aromatic N) is 3. The van der Waals surface area contributed by atoms with Gasteiger partial charge in [-0.25, -0.2) is 17.7 Å². The van der Waals surface area contributed by atoms with E-state index in [1.165, 1.54) is 10.6 Å². The molecule has 0 saturated carbocycles. The summed E-state index contributed by atoms with van der Waals surface area (Å²) in [5, 5.41) is 2.97. The maximum atomic E-state index is 12.2. The van der Waals surface area contributed by atoms with Crippen molar-refractivity contribution in [3.8, 4) is 0 Å². The molecule has 0 radical (unpaired) electrons. The van der Waals surface area contributed by atoms with E-state index in [2.05, 4.69) is 4.98 Å². The zero-order chi connectivity index (χ0) is 15.3. The Morgan fingerprint density at radius 2 is 2.19 bits per heavy atom. The van der Waals surface area contributed by atoms with Crippen LogP contribution in [-0.4, -0.2) is 54.4 Å². The molecule has 8 heteroatoms. The Morgan fingerprint density at radius 1 is 1.43 bits per heavy atom. The average molecular weight is 329 g/mol. The largest absolute Gasteiger partial charge is 0.336 e. The Labute approximate surface area is 128 Å². The Bertz CT molecular complexity index is 670. The van der Waals surface area contributed by atoms with Crippen molar-refractivity contribution in [3.63, 3.8) is 0 Å². The van der Waals surface area contributed by atoms with E-state index < -0.39 is 10.0 Å². The summed E-state index contributed by atoms with van der Waals surface area (Å²) in [4.78, 5) is 18.5. The second-order valence-corrected chi connectivity index (χ2v) is 9.18. The number of thiazole rings is 1. The fourth-order valence-electron chi connectivity index (χ4n) is 3.25. The molecule has 21 heavy (non-hydrogen) atoms. The summed E-state index contributed by atoms with van der Waals surface area (Å²) in [7, 11) is -3.16. The summed E-state index contributed by atoms with van der Waals surface area (Å²) in [6.07, 6.45) is 2.44. The average Bonchev–Trinajstić information content (AvgIpc) is 3.02. The lowest BCUT2D eigenvalue weighted by atomic mass is 9.86. The van der Waals surface area contributed by atoms with Gasteiger partial charge in [0.05, 0.1) is 23.5 Å². The molecule has 0 unspecified atom stereocenters. The zero-order valence-electron chi connectivity index (χ0n) is 12.2. The lowest BCUT2D eigenvalue weighted by Gasteiger charge is -2.23. The van der Waals surface area contributed by atoms with Crippen molar-refractivity contribution in [3.05, 3.63) is 16.1 Å². The predicted molar refractivity (Wildman–Crippen MR) is 80.4 cm³/mol. The Morgan fingerprint density at radius 3 is 2.76 bits per heavy atom. The minimum absolute atomic E-state index is 0.107. The predicted octanol–water partition coefficient (Wildman–Crippen LogP) is 0.836. The van der Waals surface area contributed by atoms with Crippen LogP contribution in [0.2, 0.25) is 0 Å². The molecular weight excluding hydrogens is 310 g/mol. The first-order valence-electron chi connectivity index (χ1n) is 6.91. The number of likely N-dealkylation sites (tertiary alicyclic amines) is 1. The molecular formula is C13H19N3O3S2. The molecule has 0 aliphatic carbocycles. The third-order valence-electron chi connectivity index (χ3n) is 4.30. The summed E-state index contributed by atoms with van der Waals surface area (Å²) in [6, 6.07) is 0. The molecule has 1 atom stereocenters. The summed E-state index contributed by atoms with van der Waals surface area (Å²) in [6.45, 7) is 4.10. The lowest BCUT2D eigenvalue weighted by molar-refractivity contribution is -0.128. The second-order valence-electron chi connectivity index (χ2n) is 6.13. The topological polar surface area (TPSA) is 70.6 Å². The van der Waals surface area contributed by atoms with E-state index >= 15 is 0 Å². The van der Waals surface area contributed by atoms with Gasteiger partial charge in [0.25, 0.3) is 0 Å². The number of carbonyl (C=O) groups is 1. The number of carbonyl (C=O) groups excluding carboxylic acids is 1. The highest BCUT2D eigenvalue weighted by molar-refractivity contribution is 7.88. The molecule has 6 nitrogen and oxygen atoms in total. The van der Waals surface area contributed by atoms with E-state index in [1.807, 2.05) is 17.2 Å². The summed E-state index contributed by atoms with van der Waals surface area (Å²) in [5.41, 5.74) is 0.714. The van der Waals surface area contributed by atoms with E-state index in [0.29, 0.717) is 32.6 Å². The van der Waals surface area contributed by atoms with Crippen LogP contribution in [0.25, 0.3) is 0 Å². The smallest absolute Gasteiger partial charge is 0.223 e. The summed E-state index contributed by atoms with van der Waals surface area (Å²) in [5.74, 6) is 0.107. The molecule has 3 rings (SSSR count). The van der Waals surface area contributed by atoms with E-state index in [-0.39, 0.29) is 11.3 Å². The fourth-order valence-corrected chi connectivity index (χ4v) is 4.79. The molecule has 3 heterocycles. The third kappa shape index (κ3) is 2.97. The van der Waals surface area contributed by atoms with Crippen molar-refractivity contribution in [2.24, 2.45) is 5.41 Å². The normalized spacial score (nSPS) is 27.1. The molecule has 0 bridgehead atoms. The van der Waals surface area contributed by atoms with Crippen molar-refractivity contribution in [2.45, 2.75) is 26.3 Å². The van der Waals surface area contributed by atoms with Crippen molar-refractivity contribution < 1.29 is 13.2 Å². The molecule has 2 saturated heterocycles. The molecule has 1 amide bonds. The van der Waals surface area contributed by atoms with Crippen molar-refractivity contribution >= 4 is 27.3 Å². The van der Waals surface area contributed by atoms with E-state index in [9.17, 15) is 13.2 Å². The number of amides is 1. The van der Waals surface area contributed by atoms with Gasteiger partial charge in [-0.05, 0) is 13.3 Å². The van der Waals surface area contributed by atoms with Crippen molar-refractivity contribution in [1.82, 2.24) is 14.2 Å². The van der Waals surface area contributed by atoms with Crippen LogP contribution < -0.4 is 0 Å². The van der Waals surface area contributed by atoms with Crippen LogP contribution in [0.15, 0.2) is 5.38 Å². The molecule has 2 fully saturated rings. The standard InChI is InChI=1S/C13H19N3O3S2/c1-10-14-11(7-20-10)6-15-8-13(5-12(15)17)3-4-16(9-13)21(2,18)19/h7H,3-6,8-9H2,1-2H3/t13-/m1/s1. The highest BCUT2D eigenvalue weighted by atomic mass is 32.2. The van der Waals surface area contributed by atoms with Crippen LogP contribution in [0.3, 0.4) is 0 Å². The first-order valence-corrected chi connectivity index (χ1v) is 9.64. The number of hydrogen-bond acceptors (Lipinski definition) is 5. The van der Waals surface area contributed by atoms with Crippen LogP contribution in [0.4, 0.5) is 0 Å². The zero-order valence-corrected chi connectivity index (χ0v) is 13.8. The Hall–Kier alpha value is -0.990. The SMILES string of the molecule is Cc1nc(CN2C[C@@]3(CCN(S(C)(=O)=O)C3)CC2=O)cs1. The van der Waals surface area contributed by atoms with E-state index in [1.54, 1.807) is 11.3 Å². The summed E-state index contributed by atoms with van der Waals surface area (Å²) >= 11 is 1.58. The summed E-state index contributed by atoms with van der Waals surface area (Å²) < 4.78 is 24.8. The molecule has 1 aromatic heterocycles. The van der Waals surface area contributed by atoms with Gasteiger partial charge in [0.15, 0.2) is 0 Å². The molecule has 1 spiro atoms. The molecule has 116 valence electrons. The maximum Gasteiger partial charge on any atom is 0.223 e. The monoisotopic (exact) mass is 329 g/mol. The van der Waals surface area contributed by atoms with Gasteiger partial charge in [-0.1, -0.05) is 0 Å².